The summed E-state index contributed by atoms with van der Waals surface area (Å²) >= 11 is 0. The molecule has 0 aliphatic carbocycles. The molecule has 0 saturated carbocycles. The summed E-state index contributed by atoms with van der Waals surface area (Å²) < 4.78 is 26.6. The third-order valence-corrected chi connectivity index (χ3v) is 5.04. The smallest absolute Gasteiger partial charge is 0.240 e. The van der Waals surface area contributed by atoms with Crippen LogP contribution in [-0.2, 0) is 21.2 Å². The fourth-order valence-corrected chi connectivity index (χ4v) is 3.41. The Morgan fingerprint density at radius 3 is 2.35 bits per heavy atom. The zero-order valence-electron chi connectivity index (χ0n) is 14.3. The molecule has 23 heavy (non-hydrogen) atoms. The number of nitrogens with one attached hydrogen (secondary N) is 2. The standard InChI is InChI=1S/C17H28N2O3S/c1-4-5-6-13-18-17(20)12-9-15-7-10-16(11-8-15)23(21,22)19-14(2)3/h7-8,10-11,14,19H,4-6,9,12-13H2,1-3H3,(H,18,20). The van der Waals surface area contributed by atoms with Crippen molar-refractivity contribution in [3.63, 3.8) is 0 Å². The molecule has 6 heteroatoms. The van der Waals surface area contributed by atoms with Gasteiger partial charge in [0.1, 0.15) is 0 Å². The van der Waals surface area contributed by atoms with Crippen LogP contribution in [0.5, 0.6) is 0 Å². The quantitative estimate of drug-likeness (QED) is 0.643. The highest BCUT2D eigenvalue weighted by molar-refractivity contribution is 7.89. The lowest BCUT2D eigenvalue weighted by Gasteiger charge is -2.10. The third-order valence-electron chi connectivity index (χ3n) is 3.37. The molecule has 5 nitrogen and oxygen atoms in total. The predicted molar refractivity (Wildman–Crippen MR) is 92.8 cm³/mol. The molecule has 1 amide bonds. The molecule has 1 aromatic rings. The molecule has 0 aliphatic rings. The lowest BCUT2D eigenvalue weighted by molar-refractivity contribution is -0.121. The number of amides is 1. The van der Waals surface area contributed by atoms with Gasteiger partial charge in [-0.2, -0.15) is 0 Å². The van der Waals surface area contributed by atoms with E-state index in [1.807, 2.05) is 0 Å². The fourth-order valence-electron chi connectivity index (χ4n) is 2.16. The van der Waals surface area contributed by atoms with E-state index in [4.69, 9.17) is 0 Å². The molecule has 1 rings (SSSR count). The van der Waals surface area contributed by atoms with Gasteiger partial charge in [0.2, 0.25) is 15.9 Å². The number of aryl methyl sites for hydroxylation is 1. The number of sulfonamides is 1. The molecule has 0 unspecified atom stereocenters. The monoisotopic (exact) mass is 340 g/mol. The Balaban J connectivity index is 2.47. The SMILES string of the molecule is CCCCCNC(=O)CCc1ccc(S(=O)(=O)NC(C)C)cc1. The van der Waals surface area contributed by atoms with Crippen LogP contribution in [0.1, 0.15) is 52.0 Å². The number of carbonyl (C=O) groups excluding carboxylic acids is 1. The van der Waals surface area contributed by atoms with Crippen molar-refractivity contribution in [1.29, 1.82) is 0 Å². The van der Waals surface area contributed by atoms with Crippen LogP contribution in [-0.4, -0.2) is 26.9 Å². The van der Waals surface area contributed by atoms with Crippen LogP contribution >= 0.6 is 0 Å². The van der Waals surface area contributed by atoms with Crippen molar-refractivity contribution in [2.75, 3.05) is 6.54 Å². The molecule has 0 aromatic heterocycles. The van der Waals surface area contributed by atoms with Gasteiger partial charge in [-0.25, -0.2) is 13.1 Å². The van der Waals surface area contributed by atoms with Crippen molar-refractivity contribution >= 4 is 15.9 Å². The Morgan fingerprint density at radius 2 is 1.78 bits per heavy atom. The minimum absolute atomic E-state index is 0.0410. The third kappa shape index (κ3) is 7.61. The van der Waals surface area contributed by atoms with Crippen LogP contribution < -0.4 is 10.0 Å². The minimum Gasteiger partial charge on any atom is -0.356 e. The van der Waals surface area contributed by atoms with E-state index in [1.54, 1.807) is 38.1 Å². The molecule has 2 N–H and O–H groups in total. The van der Waals surface area contributed by atoms with Crippen LogP contribution in [0.15, 0.2) is 29.2 Å². The molecule has 0 radical (unpaired) electrons. The number of rotatable bonds is 10. The number of hydrogen-bond donors (Lipinski definition) is 2. The van der Waals surface area contributed by atoms with Crippen LogP contribution in [0.3, 0.4) is 0 Å². The zero-order chi connectivity index (χ0) is 17.3. The first-order valence-electron chi connectivity index (χ1n) is 8.23. The Labute approximate surface area is 139 Å². The molecule has 1 aromatic carbocycles. The molecule has 0 saturated heterocycles. The molecule has 0 spiro atoms. The van der Waals surface area contributed by atoms with Crippen molar-refractivity contribution < 1.29 is 13.2 Å². The van der Waals surface area contributed by atoms with Gasteiger partial charge in [-0.3, -0.25) is 4.79 Å². The topological polar surface area (TPSA) is 75.3 Å². The molecule has 130 valence electrons. The van der Waals surface area contributed by atoms with Gasteiger partial charge in [-0.15, -0.1) is 0 Å². The number of hydrogen-bond acceptors (Lipinski definition) is 3. The molecule has 0 bridgehead atoms. The number of carbonyl (C=O) groups is 1. The molecule has 0 heterocycles. The Kier molecular flexibility index (Phi) is 8.26. The second kappa shape index (κ2) is 9.67. The van der Waals surface area contributed by atoms with E-state index in [-0.39, 0.29) is 16.8 Å². The van der Waals surface area contributed by atoms with Crippen molar-refractivity contribution in [2.45, 2.75) is 63.8 Å². The van der Waals surface area contributed by atoms with Gasteiger partial charge < -0.3 is 5.32 Å². The highest BCUT2D eigenvalue weighted by Crippen LogP contribution is 2.12. The highest BCUT2D eigenvalue weighted by Gasteiger charge is 2.14. The fraction of sp³-hybridized carbons (Fsp3) is 0.588. The van der Waals surface area contributed by atoms with Crippen molar-refractivity contribution in [3.8, 4) is 0 Å². The van der Waals surface area contributed by atoms with Gasteiger partial charge in [0.15, 0.2) is 0 Å². The summed E-state index contributed by atoms with van der Waals surface area (Å²) in [6, 6.07) is 6.55. The van der Waals surface area contributed by atoms with Gasteiger partial charge in [-0.05, 0) is 44.4 Å². The highest BCUT2D eigenvalue weighted by atomic mass is 32.2. The summed E-state index contributed by atoms with van der Waals surface area (Å²) in [5.74, 6) is 0.0410. The first kappa shape index (κ1) is 19.6. The molecule has 0 fully saturated rings. The summed E-state index contributed by atoms with van der Waals surface area (Å²) in [5, 5.41) is 2.90. The van der Waals surface area contributed by atoms with Crippen LogP contribution in [0.25, 0.3) is 0 Å². The van der Waals surface area contributed by atoms with E-state index < -0.39 is 10.0 Å². The summed E-state index contributed by atoms with van der Waals surface area (Å²) in [6.07, 6.45) is 4.30. The minimum atomic E-state index is -3.45. The molecular formula is C17H28N2O3S. The maximum absolute atomic E-state index is 12.0. The summed E-state index contributed by atoms with van der Waals surface area (Å²) in [7, 11) is -3.45. The van der Waals surface area contributed by atoms with Gasteiger partial charge in [0.05, 0.1) is 4.90 Å². The van der Waals surface area contributed by atoms with Gasteiger partial charge in [-0.1, -0.05) is 31.9 Å². The number of benzene rings is 1. The van der Waals surface area contributed by atoms with E-state index >= 15 is 0 Å². The molecule has 0 aliphatic heterocycles. The maximum Gasteiger partial charge on any atom is 0.240 e. The van der Waals surface area contributed by atoms with Crippen molar-refractivity contribution in [1.82, 2.24) is 10.0 Å². The molecular weight excluding hydrogens is 312 g/mol. The van der Waals surface area contributed by atoms with Gasteiger partial charge >= 0.3 is 0 Å². The lowest BCUT2D eigenvalue weighted by atomic mass is 10.1. The van der Waals surface area contributed by atoms with E-state index in [0.717, 1.165) is 31.4 Å². The average Bonchev–Trinajstić information content (AvgIpc) is 2.49. The van der Waals surface area contributed by atoms with Crippen LogP contribution in [0.4, 0.5) is 0 Å². The second-order valence-corrected chi connectivity index (χ2v) is 7.69. The Morgan fingerprint density at radius 1 is 1.13 bits per heavy atom. The Bertz CT molecular complexity index is 580. The average molecular weight is 340 g/mol. The Hall–Kier alpha value is -1.40. The maximum atomic E-state index is 12.0. The first-order valence-corrected chi connectivity index (χ1v) is 9.71. The summed E-state index contributed by atoms with van der Waals surface area (Å²) in [4.78, 5) is 12.0. The summed E-state index contributed by atoms with van der Waals surface area (Å²) in [6.45, 7) is 6.42. The number of unbranched alkanes of at least 4 members (excludes halogenated alkanes) is 2. The van der Waals surface area contributed by atoms with Crippen LogP contribution in [0, 0.1) is 0 Å². The van der Waals surface area contributed by atoms with Crippen molar-refractivity contribution in [3.05, 3.63) is 29.8 Å². The van der Waals surface area contributed by atoms with E-state index in [2.05, 4.69) is 17.0 Å². The van der Waals surface area contributed by atoms with Crippen LogP contribution in [0.2, 0.25) is 0 Å². The summed E-state index contributed by atoms with van der Waals surface area (Å²) in [5.41, 5.74) is 0.956. The lowest BCUT2D eigenvalue weighted by Crippen LogP contribution is -2.30. The first-order chi connectivity index (χ1) is 10.8. The van der Waals surface area contributed by atoms with Gasteiger partial charge in [0, 0.05) is 19.0 Å². The molecule has 0 atom stereocenters. The van der Waals surface area contributed by atoms with E-state index in [9.17, 15) is 13.2 Å². The normalized spacial score (nSPS) is 11.7. The van der Waals surface area contributed by atoms with Gasteiger partial charge in [0.25, 0.3) is 0 Å². The van der Waals surface area contributed by atoms with E-state index in [0.29, 0.717) is 12.8 Å². The van der Waals surface area contributed by atoms with Crippen molar-refractivity contribution in [2.24, 2.45) is 0 Å². The second-order valence-electron chi connectivity index (χ2n) is 5.98. The van der Waals surface area contributed by atoms with E-state index in [1.165, 1.54) is 0 Å². The zero-order valence-corrected chi connectivity index (χ0v) is 15.1. The predicted octanol–water partition coefficient (Wildman–Crippen LogP) is 2.61. The largest absolute Gasteiger partial charge is 0.356 e.